The summed E-state index contributed by atoms with van der Waals surface area (Å²) in [6, 6.07) is 5.59. The molecule has 0 saturated carbocycles. The lowest BCUT2D eigenvalue weighted by atomic mass is 9.81. The molecule has 104 valence electrons. The van der Waals surface area contributed by atoms with Gasteiger partial charge in [0.05, 0.1) is 0 Å². The zero-order valence-electron chi connectivity index (χ0n) is 11.1. The number of nitrogens with one attached hydrogen (secondary N) is 3. The van der Waals surface area contributed by atoms with E-state index in [0.29, 0.717) is 12.2 Å². The fourth-order valence-electron chi connectivity index (χ4n) is 2.24. The van der Waals surface area contributed by atoms with Crippen LogP contribution in [0.4, 0.5) is 14.9 Å². The zero-order valence-corrected chi connectivity index (χ0v) is 11.1. The predicted molar refractivity (Wildman–Crippen MR) is 73.6 cm³/mol. The van der Waals surface area contributed by atoms with Gasteiger partial charge in [-0.3, -0.25) is 0 Å². The van der Waals surface area contributed by atoms with Crippen molar-refractivity contribution < 1.29 is 9.18 Å². The fourth-order valence-corrected chi connectivity index (χ4v) is 2.24. The Morgan fingerprint density at radius 3 is 2.84 bits per heavy atom. The maximum Gasteiger partial charge on any atom is 0.319 e. The number of carbonyl (C=O) groups excluding carboxylic acids is 1. The zero-order chi connectivity index (χ0) is 13.7. The molecule has 0 bridgehead atoms. The molecule has 1 saturated heterocycles. The summed E-state index contributed by atoms with van der Waals surface area (Å²) in [4.78, 5) is 11.7. The summed E-state index contributed by atoms with van der Waals surface area (Å²) < 4.78 is 13.0. The summed E-state index contributed by atoms with van der Waals surface area (Å²) in [6.07, 6.45) is 2.10. The second-order valence-electron chi connectivity index (χ2n) is 5.38. The van der Waals surface area contributed by atoms with Gasteiger partial charge in [-0.05, 0) is 49.5 Å². The van der Waals surface area contributed by atoms with E-state index in [2.05, 4.69) is 22.9 Å². The molecule has 2 rings (SSSR count). The Morgan fingerprint density at radius 1 is 1.42 bits per heavy atom. The second kappa shape index (κ2) is 6.02. The first-order valence-corrected chi connectivity index (χ1v) is 6.59. The largest absolute Gasteiger partial charge is 0.337 e. The Morgan fingerprint density at radius 2 is 2.16 bits per heavy atom. The van der Waals surface area contributed by atoms with Crippen LogP contribution in [0.5, 0.6) is 0 Å². The molecule has 5 heteroatoms. The van der Waals surface area contributed by atoms with Gasteiger partial charge >= 0.3 is 6.03 Å². The first-order chi connectivity index (χ1) is 9.07. The molecular formula is C14H20FN3O. The predicted octanol–water partition coefficient (Wildman–Crippen LogP) is 2.34. The van der Waals surface area contributed by atoms with Crippen molar-refractivity contribution in [2.45, 2.75) is 19.8 Å². The summed E-state index contributed by atoms with van der Waals surface area (Å²) in [7, 11) is 0. The van der Waals surface area contributed by atoms with Crippen molar-refractivity contribution in [2.24, 2.45) is 5.41 Å². The van der Waals surface area contributed by atoms with E-state index in [1.54, 1.807) is 12.1 Å². The summed E-state index contributed by atoms with van der Waals surface area (Å²) in [5.74, 6) is -0.358. The van der Waals surface area contributed by atoms with Crippen LogP contribution in [0.3, 0.4) is 0 Å². The molecule has 1 fully saturated rings. The van der Waals surface area contributed by atoms with Gasteiger partial charge < -0.3 is 16.0 Å². The fraction of sp³-hybridized carbons (Fsp3) is 0.500. The molecule has 1 aliphatic rings. The van der Waals surface area contributed by atoms with Crippen molar-refractivity contribution >= 4 is 11.7 Å². The van der Waals surface area contributed by atoms with Gasteiger partial charge in [0.1, 0.15) is 5.82 Å². The van der Waals surface area contributed by atoms with Crippen LogP contribution in [-0.2, 0) is 0 Å². The Hall–Kier alpha value is -1.62. The van der Waals surface area contributed by atoms with Crippen LogP contribution in [0.1, 0.15) is 19.8 Å². The van der Waals surface area contributed by atoms with Gasteiger partial charge in [-0.2, -0.15) is 0 Å². The van der Waals surface area contributed by atoms with Crippen molar-refractivity contribution in [3.8, 4) is 0 Å². The summed E-state index contributed by atoms with van der Waals surface area (Å²) in [6.45, 7) is 4.79. The lowest BCUT2D eigenvalue weighted by molar-refractivity contribution is 0.213. The average molecular weight is 265 g/mol. The quantitative estimate of drug-likeness (QED) is 0.785. The van der Waals surface area contributed by atoms with Crippen LogP contribution in [0.2, 0.25) is 0 Å². The van der Waals surface area contributed by atoms with E-state index in [1.807, 2.05) is 0 Å². The number of hydrogen-bond acceptors (Lipinski definition) is 2. The van der Waals surface area contributed by atoms with E-state index in [1.165, 1.54) is 12.1 Å². The van der Waals surface area contributed by atoms with E-state index in [4.69, 9.17) is 0 Å². The second-order valence-corrected chi connectivity index (χ2v) is 5.38. The molecule has 1 heterocycles. The van der Waals surface area contributed by atoms with E-state index < -0.39 is 0 Å². The first kappa shape index (κ1) is 13.8. The van der Waals surface area contributed by atoms with Crippen LogP contribution in [-0.4, -0.2) is 25.7 Å². The molecule has 2 amide bonds. The molecule has 1 aromatic rings. The van der Waals surface area contributed by atoms with Crippen molar-refractivity contribution in [2.75, 3.05) is 25.0 Å². The number of amides is 2. The van der Waals surface area contributed by atoms with Crippen molar-refractivity contribution in [3.05, 3.63) is 30.1 Å². The van der Waals surface area contributed by atoms with E-state index in [9.17, 15) is 9.18 Å². The van der Waals surface area contributed by atoms with E-state index >= 15 is 0 Å². The Balaban J connectivity index is 1.81. The minimum absolute atomic E-state index is 0.143. The van der Waals surface area contributed by atoms with Gasteiger partial charge in [0, 0.05) is 12.2 Å². The topological polar surface area (TPSA) is 53.2 Å². The Kier molecular flexibility index (Phi) is 4.37. The van der Waals surface area contributed by atoms with Crippen LogP contribution in [0, 0.1) is 11.2 Å². The van der Waals surface area contributed by atoms with Gasteiger partial charge in [0.15, 0.2) is 0 Å². The molecule has 4 nitrogen and oxygen atoms in total. The highest BCUT2D eigenvalue weighted by Crippen LogP contribution is 2.26. The highest BCUT2D eigenvalue weighted by Gasteiger charge is 2.26. The van der Waals surface area contributed by atoms with Crippen LogP contribution >= 0.6 is 0 Å². The van der Waals surface area contributed by atoms with Gasteiger partial charge in [-0.15, -0.1) is 0 Å². The number of urea groups is 1. The maximum absolute atomic E-state index is 13.0. The molecule has 3 N–H and O–H groups in total. The molecule has 0 aromatic heterocycles. The van der Waals surface area contributed by atoms with Gasteiger partial charge in [0.25, 0.3) is 0 Å². The van der Waals surface area contributed by atoms with Crippen molar-refractivity contribution in [1.82, 2.24) is 10.6 Å². The van der Waals surface area contributed by atoms with E-state index in [-0.39, 0.29) is 17.3 Å². The maximum atomic E-state index is 13.0. The molecule has 0 radical (unpaired) electrons. The Bertz CT molecular complexity index is 444. The molecule has 0 spiro atoms. The summed E-state index contributed by atoms with van der Waals surface area (Å²) in [5, 5.41) is 8.80. The van der Waals surface area contributed by atoms with Crippen LogP contribution < -0.4 is 16.0 Å². The SMILES string of the molecule is CC1(CNC(=O)Nc2cccc(F)c2)CCNCC1. The number of benzene rings is 1. The van der Waals surface area contributed by atoms with Gasteiger partial charge in [-0.1, -0.05) is 13.0 Å². The molecular weight excluding hydrogens is 245 g/mol. The molecule has 1 aromatic carbocycles. The third kappa shape index (κ3) is 4.21. The lowest BCUT2D eigenvalue weighted by Gasteiger charge is -2.34. The van der Waals surface area contributed by atoms with Gasteiger partial charge in [-0.25, -0.2) is 9.18 Å². The number of rotatable bonds is 3. The minimum atomic E-state index is -0.358. The first-order valence-electron chi connectivity index (χ1n) is 6.59. The number of hydrogen-bond donors (Lipinski definition) is 3. The highest BCUT2D eigenvalue weighted by atomic mass is 19.1. The number of carbonyl (C=O) groups is 1. The number of anilines is 1. The highest BCUT2D eigenvalue weighted by molar-refractivity contribution is 5.89. The molecule has 19 heavy (non-hydrogen) atoms. The normalized spacial score (nSPS) is 17.8. The molecule has 0 unspecified atom stereocenters. The van der Waals surface area contributed by atoms with Gasteiger partial charge in [0.2, 0.25) is 0 Å². The number of halogens is 1. The third-order valence-corrected chi connectivity index (χ3v) is 3.57. The standard InChI is InChI=1S/C14H20FN3O/c1-14(5-7-16-8-6-14)10-17-13(19)18-12-4-2-3-11(15)9-12/h2-4,9,16H,5-8,10H2,1H3,(H2,17,18,19). The molecule has 0 atom stereocenters. The summed E-state index contributed by atoms with van der Waals surface area (Å²) >= 11 is 0. The minimum Gasteiger partial charge on any atom is -0.337 e. The van der Waals surface area contributed by atoms with Crippen LogP contribution in [0.25, 0.3) is 0 Å². The summed E-state index contributed by atoms with van der Waals surface area (Å²) in [5.41, 5.74) is 0.609. The van der Waals surface area contributed by atoms with E-state index in [0.717, 1.165) is 25.9 Å². The molecule has 0 aliphatic carbocycles. The smallest absolute Gasteiger partial charge is 0.319 e. The monoisotopic (exact) mass is 265 g/mol. The Labute approximate surface area is 112 Å². The van der Waals surface area contributed by atoms with Crippen LogP contribution in [0.15, 0.2) is 24.3 Å². The molecule has 1 aliphatic heterocycles. The lowest BCUT2D eigenvalue weighted by Crippen LogP contribution is -2.43. The van der Waals surface area contributed by atoms with Crippen molar-refractivity contribution in [3.63, 3.8) is 0 Å². The average Bonchev–Trinajstić information content (AvgIpc) is 2.38. The van der Waals surface area contributed by atoms with Crippen molar-refractivity contribution in [1.29, 1.82) is 0 Å². The third-order valence-electron chi connectivity index (χ3n) is 3.57. The number of piperidine rings is 1.